The highest BCUT2D eigenvalue weighted by Gasteiger charge is 2.26. The summed E-state index contributed by atoms with van der Waals surface area (Å²) in [5.74, 6) is 0.258. The number of thioether (sulfide) groups is 1. The van der Waals surface area contributed by atoms with Gasteiger partial charge in [0.05, 0.1) is 18.4 Å². The van der Waals surface area contributed by atoms with E-state index in [2.05, 4.69) is 38.0 Å². The number of thiophene rings is 1. The Labute approximate surface area is 221 Å². The Bertz CT molecular complexity index is 1220. The molecule has 0 saturated heterocycles. The minimum Gasteiger partial charge on any atom is -0.465 e. The monoisotopic (exact) mass is 574 g/mol. The first-order valence-electron chi connectivity index (χ1n) is 11.5. The molecule has 4 rings (SSSR count). The van der Waals surface area contributed by atoms with Gasteiger partial charge in [-0.25, -0.2) is 4.79 Å². The van der Waals surface area contributed by atoms with Crippen molar-refractivity contribution < 1.29 is 14.3 Å². The fourth-order valence-corrected chi connectivity index (χ4v) is 6.43. The highest BCUT2D eigenvalue weighted by atomic mass is 79.9. The summed E-state index contributed by atoms with van der Waals surface area (Å²) >= 11 is 6.25. The van der Waals surface area contributed by atoms with Crippen molar-refractivity contribution in [2.24, 2.45) is 0 Å². The van der Waals surface area contributed by atoms with Gasteiger partial charge in [-0.2, -0.15) is 0 Å². The number of hydrogen-bond acceptors (Lipinski definition) is 7. The highest BCUT2D eigenvalue weighted by molar-refractivity contribution is 9.10. The smallest absolute Gasteiger partial charge is 0.341 e. The Morgan fingerprint density at radius 2 is 1.94 bits per heavy atom. The minimum atomic E-state index is -0.393. The lowest BCUT2D eigenvalue weighted by molar-refractivity contribution is -0.113. The van der Waals surface area contributed by atoms with Gasteiger partial charge < -0.3 is 10.1 Å². The number of aromatic nitrogens is 3. The summed E-state index contributed by atoms with van der Waals surface area (Å²) in [6, 6.07) is 7.83. The van der Waals surface area contributed by atoms with E-state index in [4.69, 9.17) is 4.74 Å². The number of ether oxygens (including phenoxy) is 1. The van der Waals surface area contributed by atoms with Gasteiger partial charge in [-0.1, -0.05) is 58.7 Å². The summed E-state index contributed by atoms with van der Waals surface area (Å²) < 4.78 is 7.97. The van der Waals surface area contributed by atoms with E-state index in [9.17, 15) is 9.59 Å². The Hall–Kier alpha value is -2.43. The van der Waals surface area contributed by atoms with Gasteiger partial charge in [0.2, 0.25) is 5.91 Å². The summed E-state index contributed by atoms with van der Waals surface area (Å²) in [7, 11) is 1.38. The number of allylic oxidation sites excluding steroid dienone is 1. The van der Waals surface area contributed by atoms with Gasteiger partial charge >= 0.3 is 5.97 Å². The number of methoxy groups -OCH3 is 1. The molecule has 2 aromatic heterocycles. The molecular weight excluding hydrogens is 548 g/mol. The maximum Gasteiger partial charge on any atom is 0.341 e. The number of rotatable bonds is 8. The van der Waals surface area contributed by atoms with Crippen molar-refractivity contribution in [3.05, 3.63) is 57.4 Å². The SMILES string of the molecule is C=CCn1c(SCC(=O)Nc2sc3c(c2C(=O)OC)CCCCCC3)nnc1-c1ccc(Br)cc1. The summed E-state index contributed by atoms with van der Waals surface area (Å²) in [5, 5.41) is 12.8. The van der Waals surface area contributed by atoms with E-state index in [1.54, 1.807) is 6.08 Å². The number of aryl methyl sites for hydroxylation is 1. The molecule has 0 aliphatic heterocycles. The van der Waals surface area contributed by atoms with Crippen LogP contribution in [-0.4, -0.2) is 39.5 Å². The quantitative estimate of drug-likeness (QED) is 0.198. The van der Waals surface area contributed by atoms with Crippen LogP contribution in [-0.2, 0) is 28.9 Å². The molecule has 3 aromatic rings. The molecule has 7 nitrogen and oxygen atoms in total. The van der Waals surface area contributed by atoms with E-state index in [1.165, 1.54) is 41.5 Å². The molecule has 0 bridgehead atoms. The topological polar surface area (TPSA) is 86.1 Å². The molecular formula is C25H27BrN4O3S2. The lowest BCUT2D eigenvalue weighted by atomic mass is 9.96. The summed E-state index contributed by atoms with van der Waals surface area (Å²) in [6.45, 7) is 4.36. The number of nitrogens with one attached hydrogen (secondary N) is 1. The molecule has 0 radical (unpaired) electrons. The third-order valence-corrected chi connectivity index (χ3v) is 8.48. The van der Waals surface area contributed by atoms with Crippen LogP contribution in [0.2, 0.25) is 0 Å². The fourth-order valence-electron chi connectivity index (χ4n) is 4.12. The fraction of sp³-hybridized carbons (Fsp3) is 0.360. The number of halogens is 1. The Morgan fingerprint density at radius 1 is 1.20 bits per heavy atom. The third kappa shape index (κ3) is 6.05. The number of hydrogen-bond donors (Lipinski definition) is 1. The predicted molar refractivity (Wildman–Crippen MR) is 144 cm³/mol. The van der Waals surface area contributed by atoms with E-state index in [1.807, 2.05) is 28.8 Å². The molecule has 35 heavy (non-hydrogen) atoms. The molecule has 10 heteroatoms. The summed E-state index contributed by atoms with van der Waals surface area (Å²) in [6.07, 6.45) is 8.02. The zero-order valence-electron chi connectivity index (χ0n) is 19.5. The largest absolute Gasteiger partial charge is 0.465 e. The predicted octanol–water partition coefficient (Wildman–Crippen LogP) is 6.13. The van der Waals surface area contributed by atoms with Gasteiger partial charge in [0.15, 0.2) is 11.0 Å². The van der Waals surface area contributed by atoms with Crippen LogP contribution in [0.5, 0.6) is 0 Å². The second-order valence-corrected chi connectivity index (χ2v) is 11.1. The highest BCUT2D eigenvalue weighted by Crippen LogP contribution is 2.37. The maximum absolute atomic E-state index is 12.9. The number of nitrogens with zero attached hydrogens (tertiary/aromatic N) is 3. The average molecular weight is 576 g/mol. The van der Waals surface area contributed by atoms with Crippen LogP contribution >= 0.6 is 39.0 Å². The molecule has 2 heterocycles. The lowest BCUT2D eigenvalue weighted by Crippen LogP contribution is -2.17. The number of amides is 1. The van der Waals surface area contributed by atoms with Gasteiger partial charge in [0, 0.05) is 21.5 Å². The van der Waals surface area contributed by atoms with E-state index in [0.29, 0.717) is 28.1 Å². The molecule has 0 unspecified atom stereocenters. The van der Waals surface area contributed by atoms with E-state index < -0.39 is 5.97 Å². The van der Waals surface area contributed by atoms with Gasteiger partial charge in [0.1, 0.15) is 5.00 Å². The van der Waals surface area contributed by atoms with Crippen molar-refractivity contribution in [2.45, 2.75) is 50.2 Å². The molecule has 1 amide bonds. The molecule has 0 fully saturated rings. The van der Waals surface area contributed by atoms with Crippen molar-refractivity contribution in [1.29, 1.82) is 0 Å². The first-order chi connectivity index (χ1) is 17.0. The average Bonchev–Trinajstić information content (AvgIpc) is 3.38. The first kappa shape index (κ1) is 25.7. The van der Waals surface area contributed by atoms with Crippen LogP contribution in [0.1, 0.15) is 46.5 Å². The number of carbonyl (C=O) groups excluding carboxylic acids is 2. The number of anilines is 1. The van der Waals surface area contributed by atoms with E-state index >= 15 is 0 Å². The van der Waals surface area contributed by atoms with Crippen molar-refractivity contribution in [3.8, 4) is 11.4 Å². The van der Waals surface area contributed by atoms with Crippen molar-refractivity contribution in [3.63, 3.8) is 0 Å². The molecule has 1 aliphatic carbocycles. The summed E-state index contributed by atoms with van der Waals surface area (Å²) in [4.78, 5) is 26.7. The molecule has 0 saturated carbocycles. The van der Waals surface area contributed by atoms with Crippen LogP contribution in [0.25, 0.3) is 11.4 Å². The molecule has 0 spiro atoms. The second-order valence-electron chi connectivity index (χ2n) is 8.16. The van der Waals surface area contributed by atoms with Crippen molar-refractivity contribution >= 4 is 55.9 Å². The standard InChI is InChI=1S/C25H27BrN4O3S2/c1-3-14-30-22(16-10-12-17(26)13-11-16)28-29-25(30)34-15-20(31)27-23-21(24(32)33-2)18-8-6-4-5-7-9-19(18)35-23/h3,10-13H,1,4-9,14-15H2,2H3,(H,27,31). The van der Waals surface area contributed by atoms with Crippen molar-refractivity contribution in [1.82, 2.24) is 14.8 Å². The van der Waals surface area contributed by atoms with Crippen molar-refractivity contribution in [2.75, 3.05) is 18.2 Å². The first-order valence-corrected chi connectivity index (χ1v) is 14.1. The summed E-state index contributed by atoms with van der Waals surface area (Å²) in [5.41, 5.74) is 2.48. The van der Waals surface area contributed by atoms with Gasteiger partial charge in [-0.05, 0) is 43.4 Å². The van der Waals surface area contributed by atoms with Crippen LogP contribution in [0.3, 0.4) is 0 Å². The van der Waals surface area contributed by atoms with Gasteiger partial charge in [-0.15, -0.1) is 28.1 Å². The second kappa shape index (κ2) is 12.0. The van der Waals surface area contributed by atoms with E-state index in [-0.39, 0.29) is 11.7 Å². The van der Waals surface area contributed by atoms with Crippen LogP contribution in [0.15, 0.2) is 46.5 Å². The number of esters is 1. The normalized spacial score (nSPS) is 13.4. The number of fused-ring (bicyclic) bond motifs is 1. The third-order valence-electron chi connectivity index (χ3n) is 5.78. The number of carbonyl (C=O) groups is 2. The molecule has 1 aromatic carbocycles. The zero-order chi connectivity index (χ0) is 24.8. The Balaban J connectivity index is 1.51. The Kier molecular flexibility index (Phi) is 8.80. The lowest BCUT2D eigenvalue weighted by Gasteiger charge is -2.11. The zero-order valence-corrected chi connectivity index (χ0v) is 22.7. The van der Waals surface area contributed by atoms with Crippen LogP contribution < -0.4 is 5.32 Å². The van der Waals surface area contributed by atoms with Crippen LogP contribution in [0, 0.1) is 0 Å². The molecule has 0 atom stereocenters. The maximum atomic E-state index is 12.9. The van der Waals surface area contributed by atoms with E-state index in [0.717, 1.165) is 47.7 Å². The molecule has 1 N–H and O–H groups in total. The molecule has 184 valence electrons. The minimum absolute atomic E-state index is 0.138. The van der Waals surface area contributed by atoms with Gasteiger partial charge in [-0.3, -0.25) is 9.36 Å². The molecule has 1 aliphatic rings. The number of benzene rings is 1. The Morgan fingerprint density at radius 3 is 2.66 bits per heavy atom. The van der Waals surface area contributed by atoms with Gasteiger partial charge in [0.25, 0.3) is 0 Å². The van der Waals surface area contributed by atoms with Crippen LogP contribution in [0.4, 0.5) is 5.00 Å².